The summed E-state index contributed by atoms with van der Waals surface area (Å²) in [6.07, 6.45) is 1.82. The lowest BCUT2D eigenvalue weighted by Crippen LogP contribution is -2.07. The van der Waals surface area contributed by atoms with Crippen molar-refractivity contribution in [2.45, 2.75) is 10.9 Å². The zero-order chi connectivity index (χ0) is 15.6. The van der Waals surface area contributed by atoms with Crippen LogP contribution in [-0.4, -0.2) is 14.6 Å². The van der Waals surface area contributed by atoms with E-state index < -0.39 is 0 Å². The molecule has 114 valence electrons. The van der Waals surface area contributed by atoms with Crippen molar-refractivity contribution in [2.24, 2.45) is 0 Å². The molecule has 2 N–H and O–H groups in total. The summed E-state index contributed by atoms with van der Waals surface area (Å²) in [5.41, 5.74) is 3.56. The number of nitrogen functional groups attached to an aromatic ring is 1. The number of nitrogens with zero attached hydrogens (tertiary/aromatic N) is 3. The maximum absolute atomic E-state index is 6.00. The van der Waals surface area contributed by atoms with Gasteiger partial charge in [-0.25, -0.2) is 14.6 Å². The van der Waals surface area contributed by atoms with Gasteiger partial charge in [0, 0.05) is 5.56 Å². The molecule has 23 heavy (non-hydrogen) atoms. The molecular weight excluding hydrogens is 308 g/mol. The third kappa shape index (κ3) is 2.80. The van der Waals surface area contributed by atoms with Gasteiger partial charge in [-0.05, 0) is 12.1 Å². The molecule has 0 saturated heterocycles. The van der Waals surface area contributed by atoms with Gasteiger partial charge in [-0.2, -0.15) is 0 Å². The number of fused-ring (bicyclic) bond motifs is 1. The van der Waals surface area contributed by atoms with Crippen LogP contribution < -0.4 is 5.84 Å². The molecule has 2 aromatic heterocycles. The smallest absolute Gasteiger partial charge is 0.205 e. The lowest BCUT2D eigenvalue weighted by molar-refractivity contribution is 0.556. The summed E-state index contributed by atoms with van der Waals surface area (Å²) in [7, 11) is 0. The van der Waals surface area contributed by atoms with Gasteiger partial charge < -0.3 is 10.3 Å². The van der Waals surface area contributed by atoms with Crippen LogP contribution in [0.3, 0.4) is 0 Å². The second-order valence-corrected chi connectivity index (χ2v) is 5.99. The number of hydrogen-bond donors (Lipinski definition) is 1. The molecule has 0 atom stereocenters. The molecule has 0 radical (unpaired) electrons. The normalized spacial score (nSPS) is 11.1. The van der Waals surface area contributed by atoms with Gasteiger partial charge in [0.25, 0.3) is 0 Å². The topological polar surface area (TPSA) is 69.9 Å². The predicted octanol–water partition coefficient (Wildman–Crippen LogP) is 3.70. The van der Waals surface area contributed by atoms with Crippen LogP contribution in [0.15, 0.2) is 70.4 Å². The molecule has 0 aliphatic rings. The number of nitrogens with two attached hydrogens (primary N) is 1. The zero-order valence-corrected chi connectivity index (χ0v) is 13.0. The van der Waals surface area contributed by atoms with Crippen LogP contribution in [0.25, 0.3) is 22.4 Å². The lowest BCUT2D eigenvalue weighted by Gasteiger charge is -1.97. The monoisotopic (exact) mass is 322 g/mol. The summed E-state index contributed by atoms with van der Waals surface area (Å²) in [6.45, 7) is 0. The molecular formula is C17H14N4OS. The third-order valence-electron chi connectivity index (χ3n) is 3.43. The van der Waals surface area contributed by atoms with Gasteiger partial charge in [-0.15, -0.1) is 0 Å². The molecule has 0 unspecified atom stereocenters. The summed E-state index contributed by atoms with van der Waals surface area (Å²) >= 11 is 1.50. The van der Waals surface area contributed by atoms with E-state index in [1.807, 2.05) is 60.8 Å². The average molecular weight is 322 g/mol. The average Bonchev–Trinajstić information content (AvgIpc) is 3.16. The number of aromatic nitrogens is 3. The number of para-hydroxylation sites is 2. The second-order valence-electron chi connectivity index (χ2n) is 5.05. The fraction of sp³-hybridized carbons (Fsp3) is 0.0588. The Labute approximate surface area is 137 Å². The highest BCUT2D eigenvalue weighted by Crippen LogP contribution is 2.26. The zero-order valence-electron chi connectivity index (χ0n) is 12.2. The number of benzene rings is 2. The molecule has 2 heterocycles. The molecule has 0 spiro atoms. The fourth-order valence-electron chi connectivity index (χ4n) is 2.34. The minimum Gasteiger partial charge on any atom is -0.440 e. The Morgan fingerprint density at radius 2 is 1.78 bits per heavy atom. The Morgan fingerprint density at radius 1 is 1.00 bits per heavy atom. The van der Waals surface area contributed by atoms with Crippen LogP contribution >= 0.6 is 11.8 Å². The van der Waals surface area contributed by atoms with Crippen molar-refractivity contribution >= 4 is 22.9 Å². The van der Waals surface area contributed by atoms with Gasteiger partial charge in [0.15, 0.2) is 10.7 Å². The standard InChI is InChI=1S/C17H14N4OS/c18-21-10-14(12-6-2-1-3-7-12)20-17(21)23-11-16-19-13-8-4-5-9-15(13)22-16/h1-10H,11,18H2. The van der Waals surface area contributed by atoms with Gasteiger partial charge in [-0.3, -0.25) is 0 Å². The second kappa shape index (κ2) is 5.81. The van der Waals surface area contributed by atoms with Crippen LogP contribution in [0.4, 0.5) is 0 Å². The molecule has 0 aliphatic heterocycles. The molecule has 5 nitrogen and oxygen atoms in total. The first-order valence-electron chi connectivity index (χ1n) is 7.17. The SMILES string of the molecule is Nn1cc(-c2ccccc2)nc1SCc1nc2ccccc2o1. The maximum atomic E-state index is 6.00. The molecule has 0 bridgehead atoms. The third-order valence-corrected chi connectivity index (χ3v) is 4.38. The Hall–Kier alpha value is -2.73. The Kier molecular flexibility index (Phi) is 3.51. The lowest BCUT2D eigenvalue weighted by atomic mass is 10.2. The molecule has 0 saturated carbocycles. The van der Waals surface area contributed by atoms with Gasteiger partial charge in [-0.1, -0.05) is 54.2 Å². The highest BCUT2D eigenvalue weighted by molar-refractivity contribution is 7.98. The van der Waals surface area contributed by atoms with Crippen molar-refractivity contribution in [2.75, 3.05) is 5.84 Å². The molecule has 0 amide bonds. The van der Waals surface area contributed by atoms with Crippen molar-refractivity contribution in [3.05, 3.63) is 66.7 Å². The first kappa shape index (κ1) is 13.9. The van der Waals surface area contributed by atoms with E-state index in [-0.39, 0.29) is 0 Å². The molecule has 2 aromatic carbocycles. The Morgan fingerprint density at radius 3 is 2.61 bits per heavy atom. The first-order valence-corrected chi connectivity index (χ1v) is 8.15. The van der Waals surface area contributed by atoms with Crippen LogP contribution in [0.2, 0.25) is 0 Å². The predicted molar refractivity (Wildman–Crippen MR) is 91.4 cm³/mol. The highest BCUT2D eigenvalue weighted by atomic mass is 32.2. The van der Waals surface area contributed by atoms with Gasteiger partial charge in [0.05, 0.1) is 17.6 Å². The number of hydrogen-bond acceptors (Lipinski definition) is 5. The molecule has 4 rings (SSSR count). The summed E-state index contributed by atoms with van der Waals surface area (Å²) < 4.78 is 7.25. The van der Waals surface area contributed by atoms with E-state index in [4.69, 9.17) is 10.3 Å². The molecule has 0 fully saturated rings. The van der Waals surface area contributed by atoms with E-state index in [0.717, 1.165) is 27.5 Å². The summed E-state index contributed by atoms with van der Waals surface area (Å²) in [5.74, 6) is 7.25. The van der Waals surface area contributed by atoms with E-state index in [0.29, 0.717) is 11.6 Å². The van der Waals surface area contributed by atoms with E-state index in [1.165, 1.54) is 16.4 Å². The van der Waals surface area contributed by atoms with Crippen LogP contribution in [-0.2, 0) is 5.75 Å². The van der Waals surface area contributed by atoms with Gasteiger partial charge >= 0.3 is 0 Å². The minimum absolute atomic E-state index is 0.580. The number of imidazole rings is 1. The van der Waals surface area contributed by atoms with Crippen molar-refractivity contribution in [1.29, 1.82) is 0 Å². The number of oxazole rings is 1. The highest BCUT2D eigenvalue weighted by Gasteiger charge is 2.11. The van der Waals surface area contributed by atoms with Crippen LogP contribution in [0.1, 0.15) is 5.89 Å². The van der Waals surface area contributed by atoms with E-state index in [2.05, 4.69) is 9.97 Å². The van der Waals surface area contributed by atoms with Gasteiger partial charge in [0.1, 0.15) is 5.52 Å². The van der Waals surface area contributed by atoms with E-state index in [9.17, 15) is 0 Å². The number of thioether (sulfide) groups is 1. The van der Waals surface area contributed by atoms with E-state index >= 15 is 0 Å². The summed E-state index contributed by atoms with van der Waals surface area (Å²) in [4.78, 5) is 9.04. The Balaban J connectivity index is 1.54. The van der Waals surface area contributed by atoms with Crippen LogP contribution in [0, 0.1) is 0 Å². The molecule has 4 aromatic rings. The summed E-state index contributed by atoms with van der Waals surface area (Å²) in [5, 5.41) is 0.728. The van der Waals surface area contributed by atoms with Crippen molar-refractivity contribution < 1.29 is 4.42 Å². The largest absolute Gasteiger partial charge is 0.440 e. The first-order chi connectivity index (χ1) is 11.3. The Bertz CT molecular complexity index is 913. The van der Waals surface area contributed by atoms with Gasteiger partial charge in [0.2, 0.25) is 5.89 Å². The van der Waals surface area contributed by atoms with Crippen molar-refractivity contribution in [3.8, 4) is 11.3 Å². The molecule has 0 aliphatic carbocycles. The van der Waals surface area contributed by atoms with Crippen molar-refractivity contribution in [3.63, 3.8) is 0 Å². The quantitative estimate of drug-likeness (QED) is 0.458. The van der Waals surface area contributed by atoms with E-state index in [1.54, 1.807) is 0 Å². The number of rotatable bonds is 4. The minimum atomic E-state index is 0.580. The maximum Gasteiger partial charge on any atom is 0.205 e. The fourth-order valence-corrected chi connectivity index (χ4v) is 3.08. The summed E-state index contributed by atoms with van der Waals surface area (Å²) in [6, 6.07) is 17.7. The molecule has 6 heteroatoms. The van der Waals surface area contributed by atoms with Crippen molar-refractivity contribution in [1.82, 2.24) is 14.6 Å². The van der Waals surface area contributed by atoms with Crippen LogP contribution in [0.5, 0.6) is 0 Å².